The van der Waals surface area contributed by atoms with Crippen LogP contribution in [-0.4, -0.2) is 316 Å². The summed E-state index contributed by atoms with van der Waals surface area (Å²) in [5.41, 5.74) is 0. The van der Waals surface area contributed by atoms with Crippen LogP contribution in [-0.2, 0) is 61.7 Å². The van der Waals surface area contributed by atoms with Crippen LogP contribution in [0.1, 0.15) is 20.8 Å². The molecule has 6 fully saturated rings. The molecule has 6 rings (SSSR count). The van der Waals surface area contributed by atoms with E-state index in [2.05, 4.69) is 10.6 Å². The Balaban J connectivity index is 1.38. The van der Waals surface area contributed by atoms with Crippen molar-refractivity contribution < 1.29 is 149 Å². The fourth-order valence-electron chi connectivity index (χ4n) is 9.23. The minimum atomic E-state index is -2.25. The quantitative estimate of drug-likeness (QED) is 0.0643. The Morgan fingerprint density at radius 1 is 0.361 bits per heavy atom. The van der Waals surface area contributed by atoms with Crippen molar-refractivity contribution in [3.63, 3.8) is 0 Å². The summed E-state index contributed by atoms with van der Waals surface area (Å²) in [6, 6.07) is -3.41. The molecule has 0 spiro atoms. The van der Waals surface area contributed by atoms with Gasteiger partial charge in [0.15, 0.2) is 37.7 Å². The molecule has 0 unspecified atom stereocenters. The highest BCUT2D eigenvalue weighted by Crippen LogP contribution is 2.38. The molecule has 30 atom stereocenters. The van der Waals surface area contributed by atoms with Crippen molar-refractivity contribution >= 4 is 11.8 Å². The third-order valence-electron chi connectivity index (χ3n) is 13.2. The lowest BCUT2D eigenvalue weighted by Crippen LogP contribution is -2.71. The second kappa shape index (κ2) is 25.3. The van der Waals surface area contributed by atoms with E-state index in [1.54, 1.807) is 0 Å². The van der Waals surface area contributed by atoms with Gasteiger partial charge in [0, 0.05) is 13.8 Å². The zero-order chi connectivity index (χ0) is 53.2. The maximum atomic E-state index is 12.8. The number of carbonyl (C=O) groups excluding carboxylic acids is 2. The fraction of sp³-hybridized carbons (Fsp3) is 0.950. The first kappa shape index (κ1) is 59.1. The van der Waals surface area contributed by atoms with Gasteiger partial charge in [-0.2, -0.15) is 0 Å². The predicted octanol–water partition coefficient (Wildman–Crippen LogP) is -12.8. The Labute approximate surface area is 408 Å². The number of amides is 2. The fourth-order valence-corrected chi connectivity index (χ4v) is 9.23. The molecule has 6 saturated heterocycles. The van der Waals surface area contributed by atoms with E-state index in [0.717, 1.165) is 13.8 Å². The summed E-state index contributed by atoms with van der Waals surface area (Å²) >= 11 is 0. The van der Waals surface area contributed by atoms with Crippen molar-refractivity contribution in [2.24, 2.45) is 0 Å². The molecule has 0 aromatic carbocycles. The van der Waals surface area contributed by atoms with Gasteiger partial charge in [-0.1, -0.05) is 0 Å². The van der Waals surface area contributed by atoms with Crippen LogP contribution in [0.3, 0.4) is 0 Å². The zero-order valence-corrected chi connectivity index (χ0v) is 38.8. The van der Waals surface area contributed by atoms with Crippen LogP contribution in [0, 0.1) is 0 Å². The van der Waals surface area contributed by atoms with Crippen molar-refractivity contribution in [2.75, 3.05) is 33.0 Å². The Morgan fingerprint density at radius 3 is 1.22 bits per heavy atom. The van der Waals surface area contributed by atoms with Gasteiger partial charge in [-0.25, -0.2) is 0 Å². The second-order valence-electron chi connectivity index (χ2n) is 18.2. The SMILES string of the molecule is CC(=O)N[C@@H]1[C@@H](O[C@@H]2O[C@H](CO)[C@H](O)[C@H](O[C@@H]3O[C@H](CO)[C@H](O)[C@H](O[C@H]4O[C@H](CO)[C@H](O)[C@H](O[C@H]5O[C@H](CO)[C@H](O)[C@H](O)[C@H]5O)[C@H]4NC(C)=O)[C@H]3O[C@@H]3O[C@@H](C)[C@@H](O)[C@@H](O)[C@@H]3O)[C@H]2O)[C@@H](O)[C@@H](CO)O[C@@H]1O. The molecule has 6 aliphatic heterocycles. The maximum Gasteiger partial charge on any atom is 0.217 e. The number of rotatable bonds is 17. The van der Waals surface area contributed by atoms with Crippen LogP contribution in [0.25, 0.3) is 0 Å². The van der Waals surface area contributed by atoms with Crippen LogP contribution in [0.15, 0.2) is 0 Å². The number of hydrogen-bond donors (Lipinski definition) is 19. The number of aliphatic hydroxyl groups is 17. The van der Waals surface area contributed by atoms with Crippen LogP contribution in [0.2, 0.25) is 0 Å². The van der Waals surface area contributed by atoms with Gasteiger partial charge >= 0.3 is 0 Å². The highest BCUT2D eigenvalue weighted by atomic mass is 16.8. The minimum Gasteiger partial charge on any atom is -0.394 e. The molecule has 418 valence electrons. The third kappa shape index (κ3) is 12.5. The number of ether oxygens (including phenoxy) is 11. The maximum absolute atomic E-state index is 12.8. The first-order valence-electron chi connectivity index (χ1n) is 23.0. The van der Waals surface area contributed by atoms with Crippen molar-refractivity contribution in [1.29, 1.82) is 0 Å². The van der Waals surface area contributed by atoms with Gasteiger partial charge in [-0.15, -0.1) is 0 Å². The molecule has 0 saturated carbocycles. The molecular formula is C40H68N2O30. The van der Waals surface area contributed by atoms with Gasteiger partial charge in [0.05, 0.1) is 39.1 Å². The van der Waals surface area contributed by atoms with Crippen LogP contribution >= 0.6 is 0 Å². The highest BCUT2D eigenvalue weighted by Gasteiger charge is 2.59. The summed E-state index contributed by atoms with van der Waals surface area (Å²) in [6.07, 6.45) is -54.0. The van der Waals surface area contributed by atoms with Crippen molar-refractivity contribution in [2.45, 2.75) is 205 Å². The molecule has 0 radical (unpaired) electrons. The van der Waals surface area contributed by atoms with Gasteiger partial charge in [-0.05, 0) is 6.92 Å². The van der Waals surface area contributed by atoms with E-state index in [4.69, 9.17) is 52.1 Å². The van der Waals surface area contributed by atoms with Gasteiger partial charge in [0.2, 0.25) is 11.8 Å². The molecule has 32 heteroatoms. The lowest BCUT2D eigenvalue weighted by molar-refractivity contribution is -0.406. The molecule has 0 aromatic heterocycles. The largest absolute Gasteiger partial charge is 0.394 e. The van der Waals surface area contributed by atoms with Gasteiger partial charge in [0.1, 0.15) is 140 Å². The van der Waals surface area contributed by atoms with E-state index in [-0.39, 0.29) is 0 Å². The van der Waals surface area contributed by atoms with Gasteiger partial charge in [0.25, 0.3) is 0 Å². The summed E-state index contributed by atoms with van der Waals surface area (Å²) in [4.78, 5) is 24.9. The van der Waals surface area contributed by atoms with E-state index in [9.17, 15) is 96.4 Å². The minimum absolute atomic E-state index is 0.760. The molecule has 6 aliphatic rings. The third-order valence-corrected chi connectivity index (χ3v) is 13.2. The number of carbonyl (C=O) groups is 2. The Bertz CT molecular complexity index is 1730. The van der Waals surface area contributed by atoms with Crippen LogP contribution in [0.4, 0.5) is 0 Å². The summed E-state index contributed by atoms with van der Waals surface area (Å²) < 4.78 is 64.0. The normalized spacial score (nSPS) is 50.3. The number of aliphatic hydroxyl groups excluding tert-OH is 17. The molecule has 19 N–H and O–H groups in total. The summed E-state index contributed by atoms with van der Waals surface area (Å²) in [5.74, 6) is -1.63. The smallest absolute Gasteiger partial charge is 0.217 e. The van der Waals surface area contributed by atoms with E-state index < -0.39 is 229 Å². The molecule has 72 heavy (non-hydrogen) atoms. The van der Waals surface area contributed by atoms with E-state index in [1.807, 2.05) is 0 Å². The molecule has 0 bridgehead atoms. The van der Waals surface area contributed by atoms with Crippen molar-refractivity contribution in [3.8, 4) is 0 Å². The Hall–Kier alpha value is -2.18. The summed E-state index contributed by atoms with van der Waals surface area (Å²) in [7, 11) is 0. The topological polar surface area (TPSA) is 504 Å². The highest BCUT2D eigenvalue weighted by molar-refractivity contribution is 5.73. The number of nitrogens with one attached hydrogen (secondary N) is 2. The molecule has 0 aromatic rings. The number of hydrogen-bond acceptors (Lipinski definition) is 30. The monoisotopic (exact) mass is 1060 g/mol. The Kier molecular flexibility index (Phi) is 20.8. The van der Waals surface area contributed by atoms with Crippen molar-refractivity contribution in [1.82, 2.24) is 10.6 Å². The lowest BCUT2D eigenvalue weighted by atomic mass is 9.94. The van der Waals surface area contributed by atoms with Crippen LogP contribution < -0.4 is 10.6 Å². The molecule has 6 heterocycles. The second-order valence-corrected chi connectivity index (χ2v) is 18.2. The van der Waals surface area contributed by atoms with Gasteiger partial charge in [-0.3, -0.25) is 9.59 Å². The van der Waals surface area contributed by atoms with Crippen molar-refractivity contribution in [3.05, 3.63) is 0 Å². The van der Waals surface area contributed by atoms with E-state index >= 15 is 0 Å². The van der Waals surface area contributed by atoms with Gasteiger partial charge < -0.3 is 150 Å². The average Bonchev–Trinajstić information content (AvgIpc) is 3.34. The molecule has 0 aliphatic carbocycles. The summed E-state index contributed by atoms with van der Waals surface area (Å²) in [5, 5.41) is 188. The van der Waals surface area contributed by atoms with E-state index in [1.165, 1.54) is 6.92 Å². The first-order chi connectivity index (χ1) is 34.0. The predicted molar refractivity (Wildman–Crippen MR) is 221 cm³/mol. The Morgan fingerprint density at radius 2 is 0.708 bits per heavy atom. The summed E-state index contributed by atoms with van der Waals surface area (Å²) in [6.45, 7) is -1.64. The first-order valence-corrected chi connectivity index (χ1v) is 23.0. The molecule has 32 nitrogen and oxygen atoms in total. The van der Waals surface area contributed by atoms with E-state index in [0.29, 0.717) is 0 Å². The lowest BCUT2D eigenvalue weighted by Gasteiger charge is -2.52. The van der Waals surface area contributed by atoms with Crippen LogP contribution in [0.5, 0.6) is 0 Å². The molecular weight excluding hydrogens is 988 g/mol. The average molecular weight is 1060 g/mol. The zero-order valence-electron chi connectivity index (χ0n) is 38.8. The molecule has 2 amide bonds. The standard InChI is InChI=1S/C40H68N2O30/c1-9-19(50)25(56)27(58)37(62-9)72-34-33(71-36-18(42-11(3)49)31(22(53)14(6-45)64-36)69-38-28(59)26(57)20(51)12(4-43)65-38)24(55)16(8-47)67-40(34)70-32-23(54)15(7-46)66-39(29(32)60)68-30-17(41-10(2)48)35(61)63-13(5-44)21(30)52/h9,12-40,43-47,50-61H,4-8H2,1-3H3,(H,41,48)(H,42,49)/t9-,12+,13+,14+,15+,16+,17+,18+,19+,20-,21-,22-,23-,24-,25+,26-,27-,28+,29+,30+,31+,32-,33-,34+,35-,36+,37-,38+,39-,40-/m0/s1.